The fourth-order valence-electron chi connectivity index (χ4n) is 17.3. The summed E-state index contributed by atoms with van der Waals surface area (Å²) in [7, 11) is 0. The van der Waals surface area contributed by atoms with E-state index in [1.807, 2.05) is 0 Å². The SMILES string of the molecule is CC(=O)N[C@H]1[C@H](OC[C@H]2O[C@H](OC[C@H]3OC(O)[C@@H](O)[C@@H](O[C@H]4O[C@H](CO)[C@@H](O[C@@H]5O[C@H](CO)[C@@H](O[C@@H]6O[C@H](CO)[C@H](O)[C@H](O)[C@H]6O)[C@H](O)[C@H]5NC(C)=O)[C@H](O)[C@@H]4O[C@@H]4O[C@H](CO)[C@@H](O[C@@H]5O[C@H](CO)[C@H](O)[C@H](O)[C@H]5O)[C@H](O)[C@H]4NC(C)=O)[C@@H]3O)[C@@H](O[C@@H]3O[C@H](CO)[C@@H](O[C@@H]4O[C@H](CO)[C@H](O)[C@H](O)[C@H]4O)[C@H](O)[C@H]3NC(C)=O)[C@@H](O)[C@@H]2O)O[C@H](CO)[C@@H](O[C@@H]2O[C@H](CO)[C@H](O)[C@H](O)[C@H]2O)[C@@H]1O. The number of aliphatic hydroxyl groups is 31. The minimum Gasteiger partial charge on any atom is -0.394 e. The number of nitrogens with one attached hydrogen (secondary N) is 4. The molecule has 0 aliphatic carbocycles. The van der Waals surface area contributed by atoms with Crippen LogP contribution in [-0.2, 0) is 119 Å². The molecular formula is C74H124N4O56. The zero-order valence-electron chi connectivity index (χ0n) is 71.6. The third-order valence-corrected chi connectivity index (χ3v) is 24.6. The second-order valence-corrected chi connectivity index (χ2v) is 33.8. The van der Waals surface area contributed by atoms with Gasteiger partial charge in [0.15, 0.2) is 69.2 Å². The van der Waals surface area contributed by atoms with Gasteiger partial charge in [0.25, 0.3) is 0 Å². The minimum absolute atomic E-state index is 0.886. The molecule has 11 aliphatic heterocycles. The smallest absolute Gasteiger partial charge is 0.217 e. The number of aliphatic hydroxyl groups excluding tert-OH is 31. The molecule has 60 heteroatoms. The monoisotopic (exact) mass is 1960 g/mol. The van der Waals surface area contributed by atoms with E-state index in [2.05, 4.69) is 21.3 Å². The van der Waals surface area contributed by atoms with Crippen molar-refractivity contribution in [2.24, 2.45) is 0 Å². The van der Waals surface area contributed by atoms with Crippen LogP contribution in [0.25, 0.3) is 0 Å². The van der Waals surface area contributed by atoms with Crippen molar-refractivity contribution in [1.82, 2.24) is 21.3 Å². The highest BCUT2D eigenvalue weighted by atomic mass is 16.8. The average molecular weight is 1970 g/mol. The summed E-state index contributed by atoms with van der Waals surface area (Å²) in [5.74, 6) is -3.93. The normalized spacial score (nSPS) is 49.8. The largest absolute Gasteiger partial charge is 0.394 e. The average Bonchev–Trinajstić information content (AvgIpc) is 0.754. The van der Waals surface area contributed by atoms with Gasteiger partial charge in [-0.25, -0.2) is 0 Å². The van der Waals surface area contributed by atoms with Gasteiger partial charge in [0.05, 0.1) is 72.7 Å². The van der Waals surface area contributed by atoms with Gasteiger partial charge in [-0.15, -0.1) is 0 Å². The first-order chi connectivity index (χ1) is 63.4. The summed E-state index contributed by atoms with van der Waals surface area (Å²) in [6.07, 6.45) is -108. The van der Waals surface area contributed by atoms with E-state index in [0.29, 0.717) is 0 Å². The lowest BCUT2D eigenvalue weighted by molar-refractivity contribution is -0.401. The molecule has 776 valence electrons. The fourth-order valence-corrected chi connectivity index (χ4v) is 17.3. The van der Waals surface area contributed by atoms with Gasteiger partial charge < -0.3 is 279 Å². The lowest BCUT2D eigenvalue weighted by Gasteiger charge is -2.52. The molecule has 11 saturated heterocycles. The Hall–Kier alpha value is -4.20. The minimum atomic E-state index is -2.61. The molecule has 0 bridgehead atoms. The highest BCUT2D eigenvalue weighted by Crippen LogP contribution is 2.42. The van der Waals surface area contributed by atoms with E-state index in [9.17, 15) is 177 Å². The maximum Gasteiger partial charge on any atom is 0.217 e. The number of ether oxygens (including phenoxy) is 21. The second kappa shape index (κ2) is 48.3. The highest BCUT2D eigenvalue weighted by molar-refractivity contribution is 5.74. The topological polar surface area (TPSA) is 937 Å². The van der Waals surface area contributed by atoms with Crippen molar-refractivity contribution in [1.29, 1.82) is 0 Å². The Bertz CT molecular complexity index is 3640. The van der Waals surface area contributed by atoms with Crippen LogP contribution in [0.3, 0.4) is 0 Å². The van der Waals surface area contributed by atoms with Gasteiger partial charge in [0.1, 0.15) is 268 Å². The van der Waals surface area contributed by atoms with Crippen LogP contribution in [0.1, 0.15) is 27.7 Å². The molecule has 0 saturated carbocycles. The van der Waals surface area contributed by atoms with Crippen LogP contribution in [-0.4, -0.2) is 592 Å². The molecule has 0 aromatic rings. The molecule has 11 aliphatic rings. The molecule has 1 unspecified atom stereocenters. The Morgan fingerprint density at radius 2 is 0.410 bits per heavy atom. The lowest BCUT2D eigenvalue weighted by Crippen LogP contribution is -2.71. The van der Waals surface area contributed by atoms with Crippen LogP contribution in [0.5, 0.6) is 0 Å². The molecule has 4 amide bonds. The zero-order chi connectivity index (χ0) is 98.5. The van der Waals surface area contributed by atoms with Gasteiger partial charge >= 0.3 is 0 Å². The molecule has 35 N–H and O–H groups in total. The van der Waals surface area contributed by atoms with Gasteiger partial charge in [-0.2, -0.15) is 0 Å². The number of carbonyl (C=O) groups excluding carboxylic acids is 4. The molecule has 60 nitrogen and oxygen atoms in total. The first-order valence-electron chi connectivity index (χ1n) is 42.7. The molecule has 0 aromatic carbocycles. The fraction of sp³-hybridized carbons (Fsp3) is 0.946. The third-order valence-electron chi connectivity index (χ3n) is 24.6. The molecule has 0 radical (unpaired) electrons. The first-order valence-corrected chi connectivity index (χ1v) is 42.7. The maximum absolute atomic E-state index is 13.2. The van der Waals surface area contributed by atoms with Crippen molar-refractivity contribution >= 4 is 23.6 Å². The molecule has 134 heavy (non-hydrogen) atoms. The van der Waals surface area contributed by atoms with Crippen LogP contribution >= 0.6 is 0 Å². The Morgan fingerprint density at radius 3 is 0.709 bits per heavy atom. The van der Waals surface area contributed by atoms with Gasteiger partial charge in [-0.3, -0.25) is 19.2 Å². The Labute approximate surface area is 757 Å². The van der Waals surface area contributed by atoms with Crippen molar-refractivity contribution in [3.05, 3.63) is 0 Å². The maximum atomic E-state index is 13.2. The first kappa shape index (κ1) is 110. The number of amides is 4. The van der Waals surface area contributed by atoms with E-state index >= 15 is 0 Å². The molecule has 11 heterocycles. The molecule has 0 spiro atoms. The van der Waals surface area contributed by atoms with Crippen LogP contribution in [0.15, 0.2) is 0 Å². The van der Waals surface area contributed by atoms with E-state index in [4.69, 9.17) is 99.5 Å². The van der Waals surface area contributed by atoms with Crippen molar-refractivity contribution in [3.63, 3.8) is 0 Å². The predicted octanol–water partition coefficient (Wildman–Crippen LogP) is -24.4. The Kier molecular flexibility index (Phi) is 39.7. The van der Waals surface area contributed by atoms with E-state index in [1.165, 1.54) is 0 Å². The molecule has 11 rings (SSSR count). The predicted molar refractivity (Wildman–Crippen MR) is 409 cm³/mol. The Morgan fingerprint density at radius 1 is 0.194 bits per heavy atom. The molecule has 11 fully saturated rings. The molecule has 0 aromatic heterocycles. The van der Waals surface area contributed by atoms with Crippen molar-refractivity contribution in [3.8, 4) is 0 Å². The zero-order valence-corrected chi connectivity index (χ0v) is 71.6. The van der Waals surface area contributed by atoms with Gasteiger partial charge in [0, 0.05) is 27.7 Å². The highest BCUT2D eigenvalue weighted by Gasteiger charge is 2.63. The van der Waals surface area contributed by atoms with E-state index in [-0.39, 0.29) is 0 Å². The molecular weight excluding hydrogens is 1840 g/mol. The van der Waals surface area contributed by atoms with E-state index in [0.717, 1.165) is 27.7 Å². The number of hydrogen-bond donors (Lipinski definition) is 35. The van der Waals surface area contributed by atoms with Gasteiger partial charge in [-0.05, 0) is 0 Å². The van der Waals surface area contributed by atoms with Gasteiger partial charge in [-0.1, -0.05) is 0 Å². The van der Waals surface area contributed by atoms with Crippen molar-refractivity contribution < 1.29 is 277 Å². The van der Waals surface area contributed by atoms with Crippen LogP contribution in [0.4, 0.5) is 0 Å². The number of hydrogen-bond acceptors (Lipinski definition) is 56. The number of carbonyl (C=O) groups is 4. The summed E-state index contributed by atoms with van der Waals surface area (Å²) in [6, 6.07) is -7.90. The van der Waals surface area contributed by atoms with Crippen LogP contribution < -0.4 is 21.3 Å². The Balaban J connectivity index is 0.913. The molecule has 55 atom stereocenters. The second-order valence-electron chi connectivity index (χ2n) is 33.8. The summed E-state index contributed by atoms with van der Waals surface area (Å²) in [6.45, 7) is -8.67. The quantitative estimate of drug-likeness (QED) is 0.0280. The summed E-state index contributed by atoms with van der Waals surface area (Å²) in [5.41, 5.74) is 0. The van der Waals surface area contributed by atoms with Crippen LogP contribution in [0, 0.1) is 0 Å². The van der Waals surface area contributed by atoms with E-state index in [1.54, 1.807) is 0 Å². The summed E-state index contributed by atoms with van der Waals surface area (Å²) in [5, 5.41) is 354. The summed E-state index contributed by atoms with van der Waals surface area (Å²) in [4.78, 5) is 52.3. The summed E-state index contributed by atoms with van der Waals surface area (Å²) >= 11 is 0. The third kappa shape index (κ3) is 24.1. The lowest BCUT2D eigenvalue weighted by atomic mass is 9.93. The standard InChI is InChI=1S/C74H124N4O56/c1-16(88)75-31-41(98)56(128-69-50(107)45(102)35(92)20(5-79)117-69)24(9-83)121-65(31)114-14-29-39(96)49(106)62(133-67-33(77-18(3)90)43(100)58(26(11-85)123-67)130-71-52(109)47(104)37(94)22(7-81)119-71)73(126-29)115-15-30-40(97)61(55(112)64(113)116-30)132-74-63(134-68-34(78-19(4)91)44(101)59(27(12-86)124-68)131-72-53(110)48(105)38(95)23(8-82)120-72)54(111)60(28(13-87)125-74)127-66-32(76-17(2)89)42(99)57(25(10-84)122-66)129-70-51(108)46(103)36(93)21(6-80)118-70/h20-74,79-87,92-113H,5-15H2,1-4H3,(H,75,88)(H,76,89)(H,77,90)(H,78,91)/t20-,21-,22-,23-,24-,25-,26-,27-,28-,29-,30-,31-,32-,33-,34-,35+,36+,37+,38+,39-,40-,41-,42-,43-,44-,45+,46+,47+,48+,49+,50-,51-,52-,53-,54+,55+,56-,57-,58-,59-,60-,61+,62+,63+,64?,65-,66+,67+,68+,69+,70+,71+,72+,73+,74-/m1/s1. The van der Waals surface area contributed by atoms with Crippen LogP contribution in [0.2, 0.25) is 0 Å². The van der Waals surface area contributed by atoms with E-state index < -0.39 is 434 Å². The van der Waals surface area contributed by atoms with Crippen molar-refractivity contribution in [2.45, 2.75) is 365 Å². The van der Waals surface area contributed by atoms with Crippen molar-refractivity contribution in [2.75, 3.05) is 72.7 Å². The number of rotatable bonds is 35. The van der Waals surface area contributed by atoms with Gasteiger partial charge in [0.2, 0.25) is 23.6 Å². The summed E-state index contributed by atoms with van der Waals surface area (Å²) < 4.78 is 125.